The number of hydrogen-bond acceptors (Lipinski definition) is 4. The van der Waals surface area contributed by atoms with Gasteiger partial charge < -0.3 is 19.9 Å². The van der Waals surface area contributed by atoms with E-state index in [2.05, 4.69) is 16.3 Å². The van der Waals surface area contributed by atoms with Crippen molar-refractivity contribution in [2.24, 2.45) is 0 Å². The molecule has 182 valence electrons. The number of hydrogen-bond donors (Lipinski definition) is 1. The Morgan fingerprint density at radius 3 is 1.94 bits per heavy atom. The smallest absolute Gasteiger partial charge is 0.244 e. The van der Waals surface area contributed by atoms with Crippen molar-refractivity contribution in [1.29, 1.82) is 0 Å². The summed E-state index contributed by atoms with van der Waals surface area (Å²) in [7, 11) is 0. The molecule has 0 spiro atoms. The number of anilines is 1. The highest BCUT2D eigenvalue weighted by atomic mass is 16.5. The lowest BCUT2D eigenvalue weighted by molar-refractivity contribution is -0.136. The third kappa shape index (κ3) is 5.83. The Balaban J connectivity index is 1.40. The van der Waals surface area contributed by atoms with Crippen LogP contribution < -0.4 is 15.0 Å². The van der Waals surface area contributed by atoms with Crippen molar-refractivity contribution < 1.29 is 14.3 Å². The molecule has 0 aromatic heterocycles. The zero-order chi connectivity index (χ0) is 24.6. The quantitative estimate of drug-likeness (QED) is 0.538. The van der Waals surface area contributed by atoms with Crippen LogP contribution in [0.3, 0.4) is 0 Å². The third-order valence-electron chi connectivity index (χ3n) is 6.35. The summed E-state index contributed by atoms with van der Waals surface area (Å²) in [6.07, 6.45) is 0. The van der Waals surface area contributed by atoms with E-state index in [1.165, 1.54) is 0 Å². The summed E-state index contributed by atoms with van der Waals surface area (Å²) in [4.78, 5) is 30.7. The van der Waals surface area contributed by atoms with Gasteiger partial charge in [-0.1, -0.05) is 72.8 Å². The van der Waals surface area contributed by atoms with Crippen LogP contribution in [0.25, 0.3) is 0 Å². The number of piperazine rings is 1. The summed E-state index contributed by atoms with van der Waals surface area (Å²) in [5.41, 5.74) is 2.85. The lowest BCUT2D eigenvalue weighted by Crippen LogP contribution is -2.54. The number of para-hydroxylation sites is 2. The van der Waals surface area contributed by atoms with Crippen LogP contribution in [-0.2, 0) is 9.59 Å². The van der Waals surface area contributed by atoms with Gasteiger partial charge in [0.25, 0.3) is 0 Å². The molecule has 1 fully saturated rings. The minimum absolute atomic E-state index is 0.0593. The van der Waals surface area contributed by atoms with E-state index in [1.54, 1.807) is 6.92 Å². The van der Waals surface area contributed by atoms with Crippen molar-refractivity contribution in [3.05, 3.63) is 96.1 Å². The van der Waals surface area contributed by atoms with Crippen molar-refractivity contribution in [1.82, 2.24) is 10.2 Å². The first kappa shape index (κ1) is 24.3. The van der Waals surface area contributed by atoms with Crippen LogP contribution in [0.15, 0.2) is 84.9 Å². The molecule has 1 N–H and O–H groups in total. The van der Waals surface area contributed by atoms with E-state index in [9.17, 15) is 9.59 Å². The second kappa shape index (κ2) is 11.6. The molecule has 1 saturated heterocycles. The summed E-state index contributed by atoms with van der Waals surface area (Å²) < 4.78 is 5.77. The maximum Gasteiger partial charge on any atom is 0.244 e. The van der Waals surface area contributed by atoms with Gasteiger partial charge in [0.2, 0.25) is 11.8 Å². The molecule has 1 atom stereocenters. The minimum atomic E-state index is -0.611. The number of nitrogens with one attached hydrogen (secondary N) is 1. The largest absolute Gasteiger partial charge is 0.492 e. The highest BCUT2D eigenvalue weighted by molar-refractivity contribution is 5.92. The van der Waals surface area contributed by atoms with Gasteiger partial charge >= 0.3 is 0 Å². The van der Waals surface area contributed by atoms with Gasteiger partial charge in [-0.15, -0.1) is 0 Å². The van der Waals surface area contributed by atoms with Gasteiger partial charge in [0.1, 0.15) is 11.8 Å². The van der Waals surface area contributed by atoms with Crippen LogP contribution >= 0.6 is 0 Å². The number of ether oxygens (including phenoxy) is 1. The monoisotopic (exact) mass is 471 g/mol. The number of amides is 2. The van der Waals surface area contributed by atoms with Gasteiger partial charge in [-0.25, -0.2) is 0 Å². The summed E-state index contributed by atoms with van der Waals surface area (Å²) in [5.74, 6) is 0.159. The molecule has 6 heteroatoms. The van der Waals surface area contributed by atoms with Gasteiger partial charge in [-0.2, -0.15) is 0 Å². The fourth-order valence-electron chi connectivity index (χ4n) is 4.58. The van der Waals surface area contributed by atoms with Crippen LogP contribution in [0.1, 0.15) is 30.9 Å². The van der Waals surface area contributed by atoms with Gasteiger partial charge in [0.15, 0.2) is 0 Å². The number of nitrogens with zero attached hydrogens (tertiary/aromatic N) is 2. The summed E-state index contributed by atoms with van der Waals surface area (Å²) in [6, 6.07) is 26.8. The Morgan fingerprint density at radius 2 is 1.37 bits per heavy atom. The maximum atomic E-state index is 13.4. The van der Waals surface area contributed by atoms with Gasteiger partial charge in [0, 0.05) is 26.2 Å². The molecular weight excluding hydrogens is 438 g/mol. The van der Waals surface area contributed by atoms with Crippen molar-refractivity contribution in [3.8, 4) is 5.75 Å². The van der Waals surface area contributed by atoms with Crippen molar-refractivity contribution in [3.63, 3.8) is 0 Å². The summed E-state index contributed by atoms with van der Waals surface area (Å²) in [5, 5.41) is 2.98. The third-order valence-corrected chi connectivity index (χ3v) is 6.35. The average Bonchev–Trinajstić information content (AvgIpc) is 2.90. The number of carbonyl (C=O) groups is 2. The van der Waals surface area contributed by atoms with E-state index in [4.69, 9.17) is 4.74 Å². The predicted molar refractivity (Wildman–Crippen MR) is 139 cm³/mol. The molecule has 1 unspecified atom stereocenters. The molecule has 3 aromatic rings. The van der Waals surface area contributed by atoms with E-state index in [-0.39, 0.29) is 11.8 Å². The summed E-state index contributed by atoms with van der Waals surface area (Å²) in [6.45, 7) is 6.98. The zero-order valence-electron chi connectivity index (χ0n) is 20.4. The highest BCUT2D eigenvalue weighted by Gasteiger charge is 2.29. The van der Waals surface area contributed by atoms with Crippen LogP contribution in [-0.4, -0.2) is 55.5 Å². The first-order valence-electron chi connectivity index (χ1n) is 12.2. The molecule has 0 radical (unpaired) electrons. The summed E-state index contributed by atoms with van der Waals surface area (Å²) >= 11 is 0. The molecule has 1 aliphatic heterocycles. The second-order valence-electron chi connectivity index (χ2n) is 8.70. The molecule has 0 aliphatic carbocycles. The van der Waals surface area contributed by atoms with Crippen molar-refractivity contribution in [2.75, 3.05) is 37.7 Å². The molecule has 1 heterocycles. The van der Waals surface area contributed by atoms with Gasteiger partial charge in [0.05, 0.1) is 18.2 Å². The van der Waals surface area contributed by atoms with E-state index in [1.807, 2.05) is 90.7 Å². The van der Waals surface area contributed by atoms with E-state index in [0.717, 1.165) is 22.6 Å². The fraction of sp³-hybridized carbons (Fsp3) is 0.310. The number of rotatable bonds is 8. The lowest BCUT2D eigenvalue weighted by atomic mass is 9.90. The zero-order valence-corrected chi connectivity index (χ0v) is 20.4. The molecular formula is C29H33N3O3. The standard InChI is InChI=1S/C29H33N3O3/c1-3-35-26-17-11-10-16-25(26)31-18-20-32(21-19-31)29(34)22(2)30-28(33)27(23-12-6-4-7-13-23)24-14-8-5-9-15-24/h4-17,22,27H,3,18-21H2,1-2H3,(H,30,33). The topological polar surface area (TPSA) is 61.9 Å². The van der Waals surface area contributed by atoms with E-state index in [0.29, 0.717) is 32.8 Å². The van der Waals surface area contributed by atoms with Crippen LogP contribution in [0.5, 0.6) is 5.75 Å². The van der Waals surface area contributed by atoms with Crippen LogP contribution in [0, 0.1) is 0 Å². The SMILES string of the molecule is CCOc1ccccc1N1CCN(C(=O)C(C)NC(=O)C(c2ccccc2)c2ccccc2)CC1. The lowest BCUT2D eigenvalue weighted by Gasteiger charge is -2.37. The fourth-order valence-corrected chi connectivity index (χ4v) is 4.58. The first-order valence-corrected chi connectivity index (χ1v) is 12.2. The Bertz CT molecular complexity index is 1070. The molecule has 1 aliphatic rings. The van der Waals surface area contributed by atoms with Crippen molar-refractivity contribution in [2.45, 2.75) is 25.8 Å². The van der Waals surface area contributed by atoms with Gasteiger partial charge in [-0.3, -0.25) is 9.59 Å². The van der Waals surface area contributed by atoms with Crippen LogP contribution in [0.4, 0.5) is 5.69 Å². The Kier molecular flexibility index (Phi) is 8.03. The molecule has 0 bridgehead atoms. The second-order valence-corrected chi connectivity index (χ2v) is 8.70. The molecule has 0 saturated carbocycles. The molecule has 35 heavy (non-hydrogen) atoms. The number of benzene rings is 3. The van der Waals surface area contributed by atoms with Crippen LogP contribution in [0.2, 0.25) is 0 Å². The van der Waals surface area contributed by atoms with Crippen molar-refractivity contribution >= 4 is 17.5 Å². The van der Waals surface area contributed by atoms with E-state index < -0.39 is 12.0 Å². The highest BCUT2D eigenvalue weighted by Crippen LogP contribution is 2.29. The number of carbonyl (C=O) groups excluding carboxylic acids is 2. The maximum absolute atomic E-state index is 13.4. The normalized spacial score (nSPS) is 14.5. The Labute approximate surface area is 207 Å². The average molecular weight is 472 g/mol. The molecule has 6 nitrogen and oxygen atoms in total. The molecule has 3 aromatic carbocycles. The minimum Gasteiger partial charge on any atom is -0.492 e. The van der Waals surface area contributed by atoms with Gasteiger partial charge in [-0.05, 0) is 37.1 Å². The molecule has 2 amide bonds. The molecule has 4 rings (SSSR count). The predicted octanol–water partition coefficient (Wildman–Crippen LogP) is 4.07. The van der Waals surface area contributed by atoms with E-state index >= 15 is 0 Å². The Morgan fingerprint density at radius 1 is 0.829 bits per heavy atom. The Hall–Kier alpha value is -3.80. The first-order chi connectivity index (χ1) is 17.1.